The van der Waals surface area contributed by atoms with E-state index >= 15 is 0 Å². The number of benzene rings is 2. The van der Waals surface area contributed by atoms with E-state index in [2.05, 4.69) is 23.1 Å². The zero-order chi connectivity index (χ0) is 22.8. The Kier molecular flexibility index (Phi) is 5.93. The quantitative estimate of drug-likeness (QED) is 0.586. The van der Waals surface area contributed by atoms with Gasteiger partial charge in [0.2, 0.25) is 0 Å². The minimum atomic E-state index is -0.179. The van der Waals surface area contributed by atoms with Gasteiger partial charge in [-0.05, 0) is 54.7 Å². The van der Waals surface area contributed by atoms with Gasteiger partial charge >= 0.3 is 0 Å². The van der Waals surface area contributed by atoms with Crippen molar-refractivity contribution in [3.63, 3.8) is 0 Å². The van der Waals surface area contributed by atoms with Gasteiger partial charge in [0.15, 0.2) is 17.3 Å². The molecule has 170 valence electrons. The third-order valence-electron chi connectivity index (χ3n) is 6.34. The van der Waals surface area contributed by atoms with Crippen LogP contribution >= 0.6 is 0 Å². The maximum absolute atomic E-state index is 12.9. The van der Waals surface area contributed by atoms with Crippen molar-refractivity contribution >= 4 is 11.6 Å². The van der Waals surface area contributed by atoms with Crippen molar-refractivity contribution in [2.75, 3.05) is 44.8 Å². The summed E-state index contributed by atoms with van der Waals surface area (Å²) in [5.74, 6) is 2.86. The summed E-state index contributed by atoms with van der Waals surface area (Å²) >= 11 is 0. The van der Waals surface area contributed by atoms with Crippen LogP contribution in [0.1, 0.15) is 24.3 Å². The Labute approximate surface area is 193 Å². The summed E-state index contributed by atoms with van der Waals surface area (Å²) in [6.45, 7) is 3.31. The number of anilines is 1. The number of carbonyl (C=O) groups is 1. The zero-order valence-electron chi connectivity index (χ0n) is 18.7. The normalized spacial score (nSPS) is 18.5. The number of hydrogen-bond acceptors (Lipinski definition) is 6. The second kappa shape index (κ2) is 9.16. The highest BCUT2D eigenvalue weighted by Gasteiger charge is 2.29. The molecule has 1 amide bonds. The Balaban J connectivity index is 1.17. The van der Waals surface area contributed by atoms with Crippen LogP contribution in [0.3, 0.4) is 0 Å². The van der Waals surface area contributed by atoms with Gasteiger partial charge < -0.3 is 19.1 Å². The molecule has 1 saturated heterocycles. The van der Waals surface area contributed by atoms with E-state index in [9.17, 15) is 4.79 Å². The van der Waals surface area contributed by atoms with Crippen molar-refractivity contribution in [2.45, 2.75) is 18.8 Å². The molecule has 0 bridgehead atoms. The van der Waals surface area contributed by atoms with Gasteiger partial charge in [-0.15, -0.1) is 0 Å². The highest BCUT2D eigenvalue weighted by Crippen LogP contribution is 2.40. The molecule has 1 aliphatic carbocycles. The first-order valence-electron chi connectivity index (χ1n) is 11.4. The summed E-state index contributed by atoms with van der Waals surface area (Å²) in [4.78, 5) is 16.8. The van der Waals surface area contributed by atoms with Crippen LogP contribution in [-0.4, -0.2) is 50.7 Å². The maximum atomic E-state index is 12.9. The van der Waals surface area contributed by atoms with Crippen molar-refractivity contribution in [1.29, 1.82) is 5.26 Å². The Bertz CT molecular complexity index is 1100. The average Bonchev–Trinajstić information content (AvgIpc) is 3.60. The van der Waals surface area contributed by atoms with Gasteiger partial charge in [0.25, 0.3) is 5.91 Å². The van der Waals surface area contributed by atoms with Crippen molar-refractivity contribution in [3.8, 4) is 23.3 Å². The topological polar surface area (TPSA) is 75.0 Å². The molecule has 5 rings (SSSR count). The second-order valence-corrected chi connectivity index (χ2v) is 8.70. The van der Waals surface area contributed by atoms with E-state index in [4.69, 9.17) is 19.5 Å². The number of hydrogen-bond donors (Lipinski definition) is 0. The lowest BCUT2D eigenvalue weighted by molar-refractivity contribution is -0.116. The molecule has 0 N–H and O–H groups in total. The smallest absolute Gasteiger partial charge is 0.294 e. The molecule has 0 atom stereocenters. The number of methoxy groups -OCH3 is 1. The van der Waals surface area contributed by atoms with Crippen LogP contribution in [0.5, 0.6) is 17.2 Å². The van der Waals surface area contributed by atoms with Crippen LogP contribution in [0.15, 0.2) is 54.3 Å². The van der Waals surface area contributed by atoms with Crippen LogP contribution in [0.2, 0.25) is 0 Å². The highest BCUT2D eigenvalue weighted by atomic mass is 16.5. The van der Waals surface area contributed by atoms with E-state index in [0.29, 0.717) is 42.1 Å². The average molecular weight is 446 g/mol. The molecule has 2 aliphatic heterocycles. The van der Waals surface area contributed by atoms with Gasteiger partial charge in [-0.2, -0.15) is 5.26 Å². The fourth-order valence-corrected chi connectivity index (χ4v) is 4.20. The number of rotatable bonds is 9. The summed E-state index contributed by atoms with van der Waals surface area (Å²) in [7, 11) is 1.59. The minimum Gasteiger partial charge on any atom is -0.493 e. The third-order valence-corrected chi connectivity index (χ3v) is 6.34. The number of nitrogens with zero attached hydrogens (tertiary/aromatic N) is 3. The van der Waals surface area contributed by atoms with Crippen molar-refractivity contribution in [2.24, 2.45) is 5.92 Å². The lowest BCUT2D eigenvalue weighted by Crippen LogP contribution is -2.47. The maximum Gasteiger partial charge on any atom is 0.294 e. The van der Waals surface area contributed by atoms with Gasteiger partial charge in [0, 0.05) is 37.9 Å². The van der Waals surface area contributed by atoms with Crippen LogP contribution in [0.4, 0.5) is 5.69 Å². The first-order chi connectivity index (χ1) is 16.1. The van der Waals surface area contributed by atoms with Crippen LogP contribution in [-0.2, 0) is 4.79 Å². The van der Waals surface area contributed by atoms with E-state index in [1.807, 2.05) is 30.3 Å². The molecular formula is C26H27N3O4. The molecule has 2 aromatic rings. The van der Waals surface area contributed by atoms with E-state index in [-0.39, 0.29) is 11.8 Å². The summed E-state index contributed by atoms with van der Waals surface area (Å²) in [6, 6.07) is 15.8. The molecule has 3 aliphatic rings. The lowest BCUT2D eigenvalue weighted by atomic mass is 10.0. The molecule has 0 aromatic heterocycles. The largest absolute Gasteiger partial charge is 0.493 e. The fourth-order valence-electron chi connectivity index (χ4n) is 4.20. The predicted molar refractivity (Wildman–Crippen MR) is 124 cm³/mol. The molecule has 2 fully saturated rings. The number of likely N-dealkylation sites (tertiary alicyclic amines) is 1. The monoisotopic (exact) mass is 445 g/mol. The first-order valence-corrected chi connectivity index (χ1v) is 11.4. The summed E-state index contributed by atoms with van der Waals surface area (Å²) < 4.78 is 17.3. The lowest BCUT2D eigenvalue weighted by Gasteiger charge is -2.34. The Morgan fingerprint density at radius 2 is 1.88 bits per heavy atom. The first kappa shape index (κ1) is 21.4. The number of nitriles is 1. The molecule has 1 saturated carbocycles. The molecule has 0 spiro atoms. The van der Waals surface area contributed by atoms with Crippen LogP contribution in [0, 0.1) is 17.2 Å². The molecule has 7 nitrogen and oxygen atoms in total. The third kappa shape index (κ3) is 4.67. The van der Waals surface area contributed by atoms with E-state index in [1.54, 1.807) is 18.1 Å². The Hall–Kier alpha value is -3.50. The van der Waals surface area contributed by atoms with E-state index in [1.165, 1.54) is 18.4 Å². The Morgan fingerprint density at radius 1 is 1.09 bits per heavy atom. The Morgan fingerprint density at radius 3 is 2.58 bits per heavy atom. The van der Waals surface area contributed by atoms with Gasteiger partial charge in [-0.25, -0.2) is 0 Å². The van der Waals surface area contributed by atoms with Crippen molar-refractivity contribution in [1.82, 2.24) is 4.90 Å². The van der Waals surface area contributed by atoms with Gasteiger partial charge in [-0.1, -0.05) is 12.1 Å². The van der Waals surface area contributed by atoms with E-state index < -0.39 is 0 Å². The van der Waals surface area contributed by atoms with Gasteiger partial charge in [0.05, 0.1) is 19.1 Å². The molecule has 33 heavy (non-hydrogen) atoms. The molecule has 0 radical (unpaired) electrons. The summed E-state index contributed by atoms with van der Waals surface area (Å²) in [5.41, 5.74) is 2.06. The molecule has 2 aromatic carbocycles. The number of carbonyl (C=O) groups excluding carboxylic acids is 1. The molecule has 7 heteroatoms. The zero-order valence-corrected chi connectivity index (χ0v) is 18.7. The SMILES string of the molecule is COc1cc(N2CC=C(Oc3ccc(C4CC4)cc3)C2=O)ccc1OCCN1CC(C#N)C1. The second-order valence-electron chi connectivity index (χ2n) is 8.70. The van der Waals surface area contributed by atoms with Crippen molar-refractivity contribution in [3.05, 3.63) is 59.9 Å². The van der Waals surface area contributed by atoms with Gasteiger partial charge in [-0.3, -0.25) is 9.69 Å². The number of amides is 1. The molecular weight excluding hydrogens is 418 g/mol. The summed E-state index contributed by atoms with van der Waals surface area (Å²) in [5, 5.41) is 8.87. The number of ether oxygens (including phenoxy) is 3. The summed E-state index contributed by atoms with van der Waals surface area (Å²) in [6.07, 6.45) is 4.32. The molecule has 0 unspecified atom stereocenters. The standard InChI is InChI=1S/C26H27N3O4/c1-31-25-14-21(6-9-23(25)32-13-12-28-16-18(15-27)17-28)29-11-10-24(26(29)30)33-22-7-4-20(5-8-22)19-2-3-19/h4-10,14,18-19H,2-3,11-13,16-17H2,1H3. The van der Waals surface area contributed by atoms with Crippen molar-refractivity contribution < 1.29 is 19.0 Å². The van der Waals surface area contributed by atoms with E-state index in [0.717, 1.165) is 25.3 Å². The van der Waals surface area contributed by atoms with Gasteiger partial charge in [0.1, 0.15) is 12.4 Å². The molecule has 2 heterocycles. The predicted octanol–water partition coefficient (Wildman–Crippen LogP) is 3.72. The van der Waals surface area contributed by atoms with Crippen LogP contribution < -0.4 is 19.1 Å². The fraction of sp³-hybridized carbons (Fsp3) is 0.385. The van der Waals surface area contributed by atoms with Crippen LogP contribution in [0.25, 0.3) is 0 Å². The minimum absolute atomic E-state index is 0.140. The highest BCUT2D eigenvalue weighted by molar-refractivity contribution is 6.07.